The molecule has 2 unspecified atom stereocenters. The van der Waals surface area contributed by atoms with Gasteiger partial charge < -0.3 is 5.73 Å². The summed E-state index contributed by atoms with van der Waals surface area (Å²) >= 11 is 2.00. The van der Waals surface area contributed by atoms with Crippen LogP contribution in [-0.2, 0) is 0 Å². The van der Waals surface area contributed by atoms with Crippen molar-refractivity contribution in [3.63, 3.8) is 0 Å². The van der Waals surface area contributed by atoms with E-state index in [-0.39, 0.29) is 0 Å². The van der Waals surface area contributed by atoms with Crippen molar-refractivity contribution in [2.75, 3.05) is 5.75 Å². The standard InChI is InChI=1S/C14H21NS/c1-10(2)13(15)8-7-11-9-16-14-6-4-3-5-12(11)14/h3-6,10-11,13H,7-9,15H2,1-2H3. The molecule has 0 spiro atoms. The minimum atomic E-state index is 0.359. The molecule has 2 N–H and O–H groups in total. The fourth-order valence-corrected chi connectivity index (χ4v) is 3.50. The average Bonchev–Trinajstić information content (AvgIpc) is 2.69. The van der Waals surface area contributed by atoms with Crippen LogP contribution in [0.3, 0.4) is 0 Å². The molecular formula is C14H21NS. The molecule has 0 aromatic heterocycles. The third-order valence-corrected chi connectivity index (χ3v) is 4.76. The predicted octanol–water partition coefficient (Wildman–Crippen LogP) is 3.64. The van der Waals surface area contributed by atoms with Gasteiger partial charge in [-0.2, -0.15) is 0 Å². The van der Waals surface area contributed by atoms with Gasteiger partial charge >= 0.3 is 0 Å². The highest BCUT2D eigenvalue weighted by molar-refractivity contribution is 7.99. The number of hydrogen-bond donors (Lipinski definition) is 1. The number of hydrogen-bond acceptors (Lipinski definition) is 2. The van der Waals surface area contributed by atoms with Gasteiger partial charge in [0.1, 0.15) is 0 Å². The number of rotatable bonds is 4. The second-order valence-electron chi connectivity index (χ2n) is 5.03. The van der Waals surface area contributed by atoms with Gasteiger partial charge in [-0.05, 0) is 36.3 Å². The van der Waals surface area contributed by atoms with Gasteiger partial charge in [-0.25, -0.2) is 0 Å². The second kappa shape index (κ2) is 5.24. The average molecular weight is 235 g/mol. The number of thioether (sulfide) groups is 1. The van der Waals surface area contributed by atoms with Crippen LogP contribution in [0.4, 0.5) is 0 Å². The van der Waals surface area contributed by atoms with Gasteiger partial charge in [0.05, 0.1) is 0 Å². The Kier molecular flexibility index (Phi) is 3.93. The van der Waals surface area contributed by atoms with Crippen LogP contribution in [0.1, 0.15) is 38.2 Å². The molecule has 88 valence electrons. The Balaban J connectivity index is 1.93. The minimum absolute atomic E-state index is 0.359. The van der Waals surface area contributed by atoms with Crippen LogP contribution in [0, 0.1) is 5.92 Å². The van der Waals surface area contributed by atoms with E-state index < -0.39 is 0 Å². The highest BCUT2D eigenvalue weighted by Crippen LogP contribution is 2.41. The maximum absolute atomic E-state index is 6.11. The zero-order valence-corrected chi connectivity index (χ0v) is 11.0. The number of benzene rings is 1. The van der Waals surface area contributed by atoms with E-state index in [1.54, 1.807) is 5.56 Å². The fourth-order valence-electron chi connectivity index (χ4n) is 2.20. The van der Waals surface area contributed by atoms with E-state index in [0.717, 1.165) is 12.3 Å². The van der Waals surface area contributed by atoms with Crippen molar-refractivity contribution in [2.45, 2.75) is 43.5 Å². The van der Waals surface area contributed by atoms with E-state index in [1.165, 1.54) is 17.1 Å². The lowest BCUT2D eigenvalue weighted by atomic mass is 9.91. The van der Waals surface area contributed by atoms with Crippen LogP contribution >= 0.6 is 11.8 Å². The topological polar surface area (TPSA) is 26.0 Å². The van der Waals surface area contributed by atoms with Crippen molar-refractivity contribution in [3.8, 4) is 0 Å². The molecule has 16 heavy (non-hydrogen) atoms. The Morgan fingerprint density at radius 1 is 1.38 bits per heavy atom. The molecule has 2 heteroatoms. The molecule has 1 nitrogen and oxygen atoms in total. The van der Waals surface area contributed by atoms with E-state index in [9.17, 15) is 0 Å². The van der Waals surface area contributed by atoms with Gasteiger partial charge in [0.15, 0.2) is 0 Å². The van der Waals surface area contributed by atoms with Crippen LogP contribution in [0.5, 0.6) is 0 Å². The molecule has 0 aliphatic carbocycles. The largest absolute Gasteiger partial charge is 0.327 e. The van der Waals surface area contributed by atoms with Crippen LogP contribution in [0.25, 0.3) is 0 Å². The zero-order valence-electron chi connectivity index (χ0n) is 10.1. The lowest BCUT2D eigenvalue weighted by Crippen LogP contribution is -2.26. The van der Waals surface area contributed by atoms with Crippen molar-refractivity contribution in [1.29, 1.82) is 0 Å². The fraction of sp³-hybridized carbons (Fsp3) is 0.571. The first kappa shape index (κ1) is 12.0. The molecule has 1 aromatic rings. The quantitative estimate of drug-likeness (QED) is 0.862. The first-order valence-electron chi connectivity index (χ1n) is 6.15. The molecule has 0 bridgehead atoms. The molecule has 2 rings (SSSR count). The summed E-state index contributed by atoms with van der Waals surface area (Å²) in [6.07, 6.45) is 2.39. The summed E-state index contributed by atoms with van der Waals surface area (Å²) in [5, 5.41) is 0. The number of nitrogens with two attached hydrogens (primary N) is 1. The maximum atomic E-state index is 6.11. The van der Waals surface area contributed by atoms with Crippen LogP contribution < -0.4 is 5.73 Å². The van der Waals surface area contributed by atoms with Gasteiger partial charge in [0.25, 0.3) is 0 Å². The minimum Gasteiger partial charge on any atom is -0.327 e. The van der Waals surface area contributed by atoms with Gasteiger partial charge in [-0.1, -0.05) is 32.0 Å². The van der Waals surface area contributed by atoms with Gasteiger partial charge in [0.2, 0.25) is 0 Å². The van der Waals surface area contributed by atoms with E-state index in [4.69, 9.17) is 5.73 Å². The van der Waals surface area contributed by atoms with Crippen LogP contribution in [0.2, 0.25) is 0 Å². The maximum Gasteiger partial charge on any atom is 0.0107 e. The van der Waals surface area contributed by atoms with E-state index >= 15 is 0 Å². The zero-order chi connectivity index (χ0) is 11.5. The van der Waals surface area contributed by atoms with Crippen molar-refractivity contribution >= 4 is 11.8 Å². The number of fused-ring (bicyclic) bond motifs is 1. The summed E-state index contributed by atoms with van der Waals surface area (Å²) < 4.78 is 0. The molecule has 1 aliphatic rings. The van der Waals surface area contributed by atoms with Gasteiger partial charge in [0, 0.05) is 16.7 Å². The Labute approximate surface area is 103 Å². The first-order chi connectivity index (χ1) is 7.68. The molecule has 0 fully saturated rings. The summed E-state index contributed by atoms with van der Waals surface area (Å²) in [5.41, 5.74) is 7.65. The molecule has 1 heterocycles. The van der Waals surface area contributed by atoms with E-state index in [0.29, 0.717) is 12.0 Å². The van der Waals surface area contributed by atoms with Crippen LogP contribution in [-0.4, -0.2) is 11.8 Å². The normalized spacial score (nSPS) is 21.1. The van der Waals surface area contributed by atoms with Crippen molar-refractivity contribution in [2.24, 2.45) is 11.7 Å². The van der Waals surface area contributed by atoms with Crippen molar-refractivity contribution < 1.29 is 0 Å². The smallest absolute Gasteiger partial charge is 0.0107 e. The van der Waals surface area contributed by atoms with E-state index in [1.807, 2.05) is 11.8 Å². The molecule has 0 amide bonds. The third-order valence-electron chi connectivity index (χ3n) is 3.50. The summed E-state index contributed by atoms with van der Waals surface area (Å²) in [5.74, 6) is 2.57. The Morgan fingerprint density at radius 2 is 2.12 bits per heavy atom. The molecule has 1 aliphatic heterocycles. The van der Waals surface area contributed by atoms with Crippen molar-refractivity contribution in [1.82, 2.24) is 0 Å². The highest BCUT2D eigenvalue weighted by atomic mass is 32.2. The molecule has 0 saturated heterocycles. The SMILES string of the molecule is CC(C)C(N)CCC1CSc2ccccc21. The Hall–Kier alpha value is -0.470. The lowest BCUT2D eigenvalue weighted by Gasteiger charge is -2.18. The summed E-state index contributed by atoms with van der Waals surface area (Å²) in [6.45, 7) is 4.42. The van der Waals surface area contributed by atoms with Gasteiger partial charge in [-0.15, -0.1) is 11.8 Å². The van der Waals surface area contributed by atoms with Crippen molar-refractivity contribution in [3.05, 3.63) is 29.8 Å². The first-order valence-corrected chi connectivity index (χ1v) is 7.14. The third kappa shape index (κ3) is 2.61. The molecule has 0 radical (unpaired) electrons. The summed E-state index contributed by atoms with van der Waals surface area (Å²) in [6, 6.07) is 9.16. The van der Waals surface area contributed by atoms with Crippen LogP contribution in [0.15, 0.2) is 29.2 Å². The Morgan fingerprint density at radius 3 is 2.88 bits per heavy atom. The lowest BCUT2D eigenvalue weighted by molar-refractivity contribution is 0.438. The summed E-state index contributed by atoms with van der Waals surface area (Å²) in [4.78, 5) is 1.48. The molecular weight excluding hydrogens is 214 g/mol. The molecule has 2 atom stereocenters. The molecule has 1 aromatic carbocycles. The monoisotopic (exact) mass is 235 g/mol. The highest BCUT2D eigenvalue weighted by Gasteiger charge is 2.23. The second-order valence-corrected chi connectivity index (χ2v) is 6.09. The van der Waals surface area contributed by atoms with Gasteiger partial charge in [-0.3, -0.25) is 0 Å². The summed E-state index contributed by atoms with van der Waals surface area (Å²) in [7, 11) is 0. The van der Waals surface area contributed by atoms with E-state index in [2.05, 4.69) is 38.1 Å². The molecule has 0 saturated carbocycles. The predicted molar refractivity (Wildman–Crippen MR) is 72.0 cm³/mol. The Bertz CT molecular complexity index is 348.